The molecule has 1 rings (SSSR count). The number of ether oxygens (including phenoxy) is 2. The van der Waals surface area contributed by atoms with Crippen molar-refractivity contribution in [3.63, 3.8) is 0 Å². The molecule has 0 fully saturated rings. The van der Waals surface area contributed by atoms with E-state index in [1.165, 1.54) is 0 Å². The van der Waals surface area contributed by atoms with Gasteiger partial charge in [-0.15, -0.1) is 24.0 Å². The van der Waals surface area contributed by atoms with Crippen LogP contribution in [0, 0.1) is 0 Å². The lowest BCUT2D eigenvalue weighted by molar-refractivity contribution is 0.0231. The maximum atomic E-state index is 12.0. The minimum absolute atomic E-state index is 0. The largest absolute Gasteiger partial charge is 0.497 e. The van der Waals surface area contributed by atoms with Crippen LogP contribution in [0.5, 0.6) is 5.75 Å². The summed E-state index contributed by atoms with van der Waals surface area (Å²) in [5.41, 5.74) is 6.21. The highest BCUT2D eigenvalue weighted by atomic mass is 127. The third-order valence-corrected chi connectivity index (χ3v) is 3.53. The minimum Gasteiger partial charge on any atom is -0.497 e. The fraction of sp³-hybridized carbons (Fsp3) is 0.556. The highest BCUT2D eigenvalue weighted by molar-refractivity contribution is 14.0. The Morgan fingerprint density at radius 1 is 1.31 bits per heavy atom. The highest BCUT2D eigenvalue weighted by Gasteiger charge is 2.22. The van der Waals surface area contributed by atoms with Crippen molar-refractivity contribution in [2.45, 2.75) is 45.8 Å². The molecule has 1 aromatic rings. The normalized spacial score (nSPS) is 12.6. The van der Waals surface area contributed by atoms with Crippen LogP contribution in [0.15, 0.2) is 29.3 Å². The number of guanidine groups is 1. The van der Waals surface area contributed by atoms with Gasteiger partial charge in [0.1, 0.15) is 11.4 Å². The Hall–Kier alpha value is -1.71. The van der Waals surface area contributed by atoms with Gasteiger partial charge in [0.25, 0.3) is 0 Å². The van der Waals surface area contributed by atoms with Gasteiger partial charge in [0.2, 0.25) is 0 Å². The van der Waals surface area contributed by atoms with E-state index in [9.17, 15) is 4.79 Å². The summed E-state index contributed by atoms with van der Waals surface area (Å²) in [6.45, 7) is 7.99. The number of aliphatic imine (C=N–C) groups is 1. The summed E-state index contributed by atoms with van der Waals surface area (Å²) in [7, 11) is 3.34. The Kier molecular flexibility index (Phi) is 10.4. The summed E-state index contributed by atoms with van der Waals surface area (Å²) in [6, 6.07) is 7.40. The number of nitrogens with zero attached hydrogens (tertiary/aromatic N) is 2. The lowest BCUT2D eigenvalue weighted by Gasteiger charge is -2.28. The first-order valence-corrected chi connectivity index (χ1v) is 8.29. The van der Waals surface area contributed by atoms with E-state index in [0.717, 1.165) is 11.4 Å². The van der Waals surface area contributed by atoms with E-state index in [1.807, 2.05) is 52.0 Å². The average molecular weight is 478 g/mol. The predicted octanol–water partition coefficient (Wildman–Crippen LogP) is 3.69. The zero-order chi connectivity index (χ0) is 19.0. The van der Waals surface area contributed by atoms with Gasteiger partial charge in [-0.05, 0) is 58.4 Å². The summed E-state index contributed by atoms with van der Waals surface area (Å²) >= 11 is 0. The van der Waals surface area contributed by atoms with Gasteiger partial charge in [0.15, 0.2) is 5.96 Å². The van der Waals surface area contributed by atoms with Gasteiger partial charge < -0.3 is 25.4 Å². The number of benzene rings is 1. The van der Waals surface area contributed by atoms with Crippen LogP contribution in [0.3, 0.4) is 0 Å². The molecule has 148 valence electrons. The van der Waals surface area contributed by atoms with Crippen molar-refractivity contribution in [1.82, 2.24) is 4.90 Å². The zero-order valence-electron chi connectivity index (χ0n) is 16.4. The molecule has 1 aromatic carbocycles. The molecule has 3 N–H and O–H groups in total. The Bertz CT molecular complexity index is 585. The Morgan fingerprint density at radius 3 is 2.38 bits per heavy atom. The predicted molar refractivity (Wildman–Crippen MR) is 117 cm³/mol. The van der Waals surface area contributed by atoms with Crippen LogP contribution in [-0.2, 0) is 4.74 Å². The van der Waals surface area contributed by atoms with Crippen molar-refractivity contribution >= 4 is 41.7 Å². The van der Waals surface area contributed by atoms with Gasteiger partial charge in [0.05, 0.1) is 7.11 Å². The Morgan fingerprint density at radius 2 is 1.88 bits per heavy atom. The van der Waals surface area contributed by atoms with Crippen molar-refractivity contribution < 1.29 is 14.3 Å². The number of amides is 1. The molecule has 8 heteroatoms. The third-order valence-electron chi connectivity index (χ3n) is 3.53. The lowest BCUT2D eigenvalue weighted by atomic mass is 10.2. The monoisotopic (exact) mass is 478 g/mol. The van der Waals surface area contributed by atoms with Crippen molar-refractivity contribution in [1.29, 1.82) is 0 Å². The molecule has 0 radical (unpaired) electrons. The quantitative estimate of drug-likeness (QED) is 0.370. The molecule has 0 aliphatic heterocycles. The first-order chi connectivity index (χ1) is 11.6. The van der Waals surface area contributed by atoms with Crippen LogP contribution in [0.4, 0.5) is 10.5 Å². The second-order valence-corrected chi connectivity index (χ2v) is 6.85. The number of rotatable bonds is 6. The fourth-order valence-corrected chi connectivity index (χ4v) is 1.94. The molecule has 1 unspecified atom stereocenters. The molecule has 0 aliphatic rings. The molecule has 0 heterocycles. The van der Waals surface area contributed by atoms with Crippen LogP contribution in [-0.4, -0.2) is 49.3 Å². The Labute approximate surface area is 173 Å². The first kappa shape index (κ1) is 24.3. The van der Waals surface area contributed by atoms with E-state index in [1.54, 1.807) is 19.1 Å². The molecule has 0 saturated carbocycles. The standard InChI is InChI=1S/C18H30N4O3.HI/c1-13(22(5)17(23)25-18(2,3)4)11-12-20-16(19)21-14-7-9-15(24-6)10-8-14;/h7-10,13H,11-12H2,1-6H3,(H3,19,20,21);1H. The summed E-state index contributed by atoms with van der Waals surface area (Å²) in [6.07, 6.45) is 0.342. The highest BCUT2D eigenvalue weighted by Crippen LogP contribution is 2.15. The van der Waals surface area contributed by atoms with Crippen LogP contribution < -0.4 is 15.8 Å². The molecule has 0 aliphatic carbocycles. The first-order valence-electron chi connectivity index (χ1n) is 8.29. The number of hydrogen-bond acceptors (Lipinski definition) is 4. The summed E-state index contributed by atoms with van der Waals surface area (Å²) in [5, 5.41) is 3.02. The summed E-state index contributed by atoms with van der Waals surface area (Å²) in [5.74, 6) is 1.11. The lowest BCUT2D eigenvalue weighted by Crippen LogP contribution is -2.39. The third kappa shape index (κ3) is 9.12. The van der Waals surface area contributed by atoms with Crippen LogP contribution in [0.25, 0.3) is 0 Å². The van der Waals surface area contributed by atoms with Crippen molar-refractivity contribution in [3.8, 4) is 5.75 Å². The van der Waals surface area contributed by atoms with Gasteiger partial charge in [-0.3, -0.25) is 4.99 Å². The van der Waals surface area contributed by atoms with Crippen LogP contribution in [0.1, 0.15) is 34.1 Å². The average Bonchev–Trinajstić information content (AvgIpc) is 2.53. The molecular formula is C18H31IN4O3. The second kappa shape index (κ2) is 11.1. The van der Waals surface area contributed by atoms with Crippen LogP contribution in [0.2, 0.25) is 0 Å². The molecule has 26 heavy (non-hydrogen) atoms. The minimum atomic E-state index is -0.504. The molecular weight excluding hydrogens is 447 g/mol. The van der Waals surface area contributed by atoms with Gasteiger partial charge in [-0.1, -0.05) is 0 Å². The molecule has 0 saturated heterocycles. The molecule has 0 bridgehead atoms. The zero-order valence-corrected chi connectivity index (χ0v) is 18.7. The van der Waals surface area contributed by atoms with E-state index in [4.69, 9.17) is 15.2 Å². The van der Waals surface area contributed by atoms with E-state index >= 15 is 0 Å². The van der Waals surface area contributed by atoms with Gasteiger partial charge in [-0.2, -0.15) is 0 Å². The second-order valence-electron chi connectivity index (χ2n) is 6.85. The maximum absolute atomic E-state index is 12.0. The van der Waals surface area contributed by atoms with E-state index < -0.39 is 5.60 Å². The number of methoxy groups -OCH3 is 1. The van der Waals surface area contributed by atoms with Crippen molar-refractivity contribution in [2.24, 2.45) is 10.7 Å². The number of nitrogens with two attached hydrogens (primary N) is 1. The topological polar surface area (TPSA) is 89.2 Å². The van der Waals surface area contributed by atoms with Crippen molar-refractivity contribution in [3.05, 3.63) is 24.3 Å². The van der Waals surface area contributed by atoms with E-state index in [-0.39, 0.29) is 36.1 Å². The van der Waals surface area contributed by atoms with Crippen LogP contribution >= 0.6 is 24.0 Å². The van der Waals surface area contributed by atoms with Gasteiger partial charge in [0, 0.05) is 25.3 Å². The summed E-state index contributed by atoms with van der Waals surface area (Å²) in [4.78, 5) is 17.9. The fourth-order valence-electron chi connectivity index (χ4n) is 1.94. The summed E-state index contributed by atoms with van der Waals surface area (Å²) < 4.78 is 10.5. The molecule has 0 aromatic heterocycles. The van der Waals surface area contributed by atoms with Gasteiger partial charge in [-0.25, -0.2) is 4.79 Å². The van der Waals surface area contributed by atoms with Gasteiger partial charge >= 0.3 is 6.09 Å². The number of anilines is 1. The molecule has 1 amide bonds. The van der Waals surface area contributed by atoms with E-state index in [0.29, 0.717) is 18.9 Å². The smallest absolute Gasteiger partial charge is 0.410 e. The number of halogens is 1. The van der Waals surface area contributed by atoms with Crippen molar-refractivity contribution in [2.75, 3.05) is 26.0 Å². The number of carbonyl (C=O) groups excluding carboxylic acids is 1. The number of nitrogens with one attached hydrogen (secondary N) is 1. The van der Waals surface area contributed by atoms with E-state index in [2.05, 4.69) is 10.3 Å². The SMILES string of the molecule is COc1ccc(NC(N)=NCCC(C)N(C)C(=O)OC(C)(C)C)cc1.I. The maximum Gasteiger partial charge on any atom is 0.410 e. The number of hydrogen-bond donors (Lipinski definition) is 2. The number of carbonyl (C=O) groups is 1. The molecule has 0 spiro atoms. The Balaban J connectivity index is 0.00000625. The molecule has 7 nitrogen and oxygen atoms in total. The molecule has 1 atom stereocenters.